The number of carbonyl (C=O) groups is 1. The fraction of sp³-hybridized carbons (Fsp3) is 0.440. The van der Waals surface area contributed by atoms with E-state index < -0.39 is 23.1 Å². The molecule has 0 unspecified atom stereocenters. The molecule has 1 amide bonds. The molecular formula is C25H25F4N3O2. The Kier molecular flexibility index (Phi) is 6.54. The smallest absolute Gasteiger partial charge is 0.381 e. The van der Waals surface area contributed by atoms with E-state index >= 15 is 0 Å². The van der Waals surface area contributed by atoms with Crippen LogP contribution in [0.5, 0.6) is 0 Å². The van der Waals surface area contributed by atoms with E-state index in [2.05, 4.69) is 0 Å². The number of rotatable bonds is 5. The summed E-state index contributed by atoms with van der Waals surface area (Å²) in [6, 6.07) is 10.9. The maximum Gasteiger partial charge on any atom is 0.417 e. The van der Waals surface area contributed by atoms with Gasteiger partial charge in [0.05, 0.1) is 23.8 Å². The van der Waals surface area contributed by atoms with Crippen LogP contribution in [0.1, 0.15) is 34.8 Å². The highest BCUT2D eigenvalue weighted by atomic mass is 19.4. The summed E-state index contributed by atoms with van der Waals surface area (Å²) in [6.45, 7) is 4.64. The lowest BCUT2D eigenvalue weighted by Gasteiger charge is -2.44. The van der Waals surface area contributed by atoms with Gasteiger partial charge in [-0.05, 0) is 49.7 Å². The van der Waals surface area contributed by atoms with Crippen LogP contribution in [0, 0.1) is 28.5 Å². The molecule has 5 nitrogen and oxygen atoms in total. The van der Waals surface area contributed by atoms with Crippen LogP contribution in [0.4, 0.5) is 23.2 Å². The zero-order chi connectivity index (χ0) is 24.5. The summed E-state index contributed by atoms with van der Waals surface area (Å²) >= 11 is 0. The lowest BCUT2D eigenvalue weighted by atomic mass is 9.73. The van der Waals surface area contributed by atoms with Crippen molar-refractivity contribution >= 4 is 11.6 Å². The Balaban J connectivity index is 1.59. The fourth-order valence-corrected chi connectivity index (χ4v) is 5.08. The number of fused-ring (bicyclic) bond motifs is 1. The van der Waals surface area contributed by atoms with Gasteiger partial charge in [0.2, 0.25) is 0 Å². The molecule has 0 radical (unpaired) electrons. The molecule has 4 rings (SSSR count). The van der Waals surface area contributed by atoms with Gasteiger partial charge < -0.3 is 14.5 Å². The predicted molar refractivity (Wildman–Crippen MR) is 118 cm³/mol. The second-order valence-electron chi connectivity index (χ2n) is 8.93. The topological polar surface area (TPSA) is 56.6 Å². The van der Waals surface area contributed by atoms with Crippen LogP contribution in [-0.2, 0) is 10.9 Å². The number of anilines is 1. The Morgan fingerprint density at radius 2 is 2.03 bits per heavy atom. The highest BCUT2D eigenvalue weighted by Crippen LogP contribution is 2.45. The standard InChI is InChI=1S/C25H25F4N3O2/c1-2-34-16-24-8-9-31(21-7-6-18(12-30)22(11-21)25(27,28)29)13-19(24)14-32(15-24)23(33)17-4-3-5-20(26)10-17/h3-7,10-11,19H,2,8-9,13-16H2,1H3/t19-,24+/m1/s1. The number of benzene rings is 2. The monoisotopic (exact) mass is 475 g/mol. The molecule has 0 N–H and O–H groups in total. The van der Waals surface area contributed by atoms with Crippen molar-refractivity contribution in [2.45, 2.75) is 19.5 Å². The summed E-state index contributed by atoms with van der Waals surface area (Å²) in [7, 11) is 0. The number of hydrogen-bond acceptors (Lipinski definition) is 4. The summed E-state index contributed by atoms with van der Waals surface area (Å²) in [4.78, 5) is 16.7. The number of nitriles is 1. The van der Waals surface area contributed by atoms with Crippen molar-refractivity contribution < 1.29 is 27.1 Å². The number of hydrogen-bond donors (Lipinski definition) is 0. The average Bonchev–Trinajstić information content (AvgIpc) is 3.20. The number of alkyl halides is 3. The van der Waals surface area contributed by atoms with Gasteiger partial charge in [-0.25, -0.2) is 4.39 Å². The first-order chi connectivity index (χ1) is 16.2. The quantitative estimate of drug-likeness (QED) is 0.588. The Hall–Kier alpha value is -3.12. The number of halogens is 4. The summed E-state index contributed by atoms with van der Waals surface area (Å²) in [5, 5.41) is 9.08. The molecule has 0 spiro atoms. The summed E-state index contributed by atoms with van der Waals surface area (Å²) in [5.74, 6) is -0.789. The van der Waals surface area contributed by atoms with Gasteiger partial charge in [0.15, 0.2) is 0 Å². The molecule has 2 aliphatic rings. The third-order valence-electron chi connectivity index (χ3n) is 6.88. The van der Waals surface area contributed by atoms with Crippen molar-refractivity contribution in [1.82, 2.24) is 4.90 Å². The molecule has 2 atom stereocenters. The minimum absolute atomic E-state index is 0.0321. The molecule has 0 saturated carbocycles. The van der Waals surface area contributed by atoms with E-state index in [0.717, 1.165) is 6.07 Å². The first-order valence-corrected chi connectivity index (χ1v) is 11.2. The number of likely N-dealkylation sites (tertiary alicyclic amines) is 1. The van der Waals surface area contributed by atoms with Gasteiger partial charge in [0.1, 0.15) is 5.82 Å². The lowest BCUT2D eigenvalue weighted by Crippen LogP contribution is -2.49. The molecule has 2 aromatic rings. The molecule has 9 heteroatoms. The normalized spacial score (nSPS) is 22.4. The number of ether oxygens (including phenoxy) is 1. The van der Waals surface area contributed by atoms with Gasteiger partial charge in [-0.15, -0.1) is 0 Å². The van der Waals surface area contributed by atoms with Crippen molar-refractivity contribution in [2.75, 3.05) is 44.3 Å². The second kappa shape index (κ2) is 9.26. The van der Waals surface area contributed by atoms with Gasteiger partial charge >= 0.3 is 6.18 Å². The molecule has 2 heterocycles. The molecule has 2 aromatic carbocycles. The molecule has 2 fully saturated rings. The van der Waals surface area contributed by atoms with Crippen LogP contribution >= 0.6 is 0 Å². The molecule has 0 bridgehead atoms. The van der Waals surface area contributed by atoms with Crippen molar-refractivity contribution in [2.24, 2.45) is 11.3 Å². The third-order valence-corrected chi connectivity index (χ3v) is 6.88. The SMILES string of the molecule is CCOC[C@@]12CCN(c3ccc(C#N)c(C(F)(F)F)c3)C[C@@H]1CN(C(=O)c1cccc(F)c1)C2. The maximum atomic E-state index is 13.7. The van der Waals surface area contributed by atoms with E-state index in [-0.39, 0.29) is 22.8 Å². The summed E-state index contributed by atoms with van der Waals surface area (Å²) in [6.07, 6.45) is -4.00. The lowest BCUT2D eigenvalue weighted by molar-refractivity contribution is -0.137. The van der Waals surface area contributed by atoms with E-state index in [1.807, 2.05) is 11.8 Å². The van der Waals surface area contributed by atoms with Crippen molar-refractivity contribution in [3.05, 3.63) is 65.0 Å². The fourth-order valence-electron chi connectivity index (χ4n) is 5.08. The molecule has 2 aliphatic heterocycles. The van der Waals surface area contributed by atoms with Gasteiger partial charge in [-0.1, -0.05) is 6.07 Å². The Morgan fingerprint density at radius 3 is 2.71 bits per heavy atom. The third kappa shape index (κ3) is 4.60. The zero-order valence-corrected chi connectivity index (χ0v) is 18.7. The van der Waals surface area contributed by atoms with Crippen LogP contribution in [-0.4, -0.2) is 50.2 Å². The van der Waals surface area contributed by atoms with Crippen molar-refractivity contribution in [3.8, 4) is 6.07 Å². The first-order valence-electron chi connectivity index (χ1n) is 11.2. The highest BCUT2D eigenvalue weighted by Gasteiger charge is 2.51. The highest BCUT2D eigenvalue weighted by molar-refractivity contribution is 5.94. The van der Waals surface area contributed by atoms with Crippen LogP contribution in [0.2, 0.25) is 0 Å². The van der Waals surface area contributed by atoms with Crippen LogP contribution in [0.25, 0.3) is 0 Å². The largest absolute Gasteiger partial charge is 0.417 e. The summed E-state index contributed by atoms with van der Waals surface area (Å²) < 4.78 is 59.8. The van der Waals surface area contributed by atoms with Gasteiger partial charge in [-0.2, -0.15) is 18.4 Å². The molecule has 0 aliphatic carbocycles. The minimum atomic E-state index is -4.63. The van der Waals surface area contributed by atoms with E-state index in [4.69, 9.17) is 10.00 Å². The van der Waals surface area contributed by atoms with E-state index in [1.165, 1.54) is 30.3 Å². The molecule has 0 aromatic heterocycles. The number of nitrogens with zero attached hydrogens (tertiary/aromatic N) is 3. The number of amides is 1. The maximum absolute atomic E-state index is 13.7. The van der Waals surface area contributed by atoms with Crippen molar-refractivity contribution in [1.29, 1.82) is 5.26 Å². The molecular weight excluding hydrogens is 450 g/mol. The zero-order valence-electron chi connectivity index (χ0n) is 18.7. The Bertz CT molecular complexity index is 1110. The van der Waals surface area contributed by atoms with Gasteiger partial charge in [0, 0.05) is 55.4 Å². The van der Waals surface area contributed by atoms with Crippen LogP contribution in [0.15, 0.2) is 42.5 Å². The first kappa shape index (κ1) is 24.0. The average molecular weight is 475 g/mol. The molecule has 180 valence electrons. The Morgan fingerprint density at radius 1 is 1.24 bits per heavy atom. The second-order valence-corrected chi connectivity index (χ2v) is 8.93. The van der Waals surface area contributed by atoms with Crippen LogP contribution < -0.4 is 4.90 Å². The van der Waals surface area contributed by atoms with Crippen molar-refractivity contribution in [3.63, 3.8) is 0 Å². The summed E-state index contributed by atoms with van der Waals surface area (Å²) in [5.41, 5.74) is -1.02. The van der Waals surface area contributed by atoms with E-state index in [0.29, 0.717) is 51.5 Å². The minimum Gasteiger partial charge on any atom is -0.381 e. The molecule has 2 saturated heterocycles. The molecule has 34 heavy (non-hydrogen) atoms. The van der Waals surface area contributed by atoms with Gasteiger partial charge in [0.25, 0.3) is 5.91 Å². The van der Waals surface area contributed by atoms with Gasteiger partial charge in [-0.3, -0.25) is 4.79 Å². The predicted octanol–water partition coefficient (Wildman–Crippen LogP) is 4.72. The number of carbonyl (C=O) groups excluding carboxylic acids is 1. The van der Waals surface area contributed by atoms with Crippen LogP contribution in [0.3, 0.4) is 0 Å². The van der Waals surface area contributed by atoms with E-state index in [9.17, 15) is 22.4 Å². The Labute approximate surface area is 195 Å². The van der Waals surface area contributed by atoms with E-state index in [1.54, 1.807) is 17.0 Å². The number of piperidine rings is 1.